The van der Waals surface area contributed by atoms with Crippen LogP contribution in [0.15, 0.2) is 58.3 Å². The molecule has 2 aliphatic rings. The SMILES string of the molecule is Cc1cccnc1C1(N2C[C@H](O)C[C@H]2C(=O)N(C)C)C(=O)N(S(=O)(=O)c2cccs2)c2ccc(Cl)cc21. The molecule has 0 radical (unpaired) electrons. The first-order valence-corrected chi connectivity index (χ1v) is 14.2. The fourth-order valence-electron chi connectivity index (χ4n) is 5.31. The van der Waals surface area contributed by atoms with Crippen molar-refractivity contribution in [3.05, 3.63) is 75.9 Å². The van der Waals surface area contributed by atoms with Gasteiger partial charge in [0.05, 0.1) is 23.5 Å². The number of sulfonamides is 1. The maximum Gasteiger partial charge on any atom is 0.280 e. The van der Waals surface area contributed by atoms with Crippen LogP contribution in [0.5, 0.6) is 0 Å². The molecule has 3 aromatic rings. The van der Waals surface area contributed by atoms with Crippen molar-refractivity contribution in [1.29, 1.82) is 0 Å². The van der Waals surface area contributed by atoms with Crippen LogP contribution in [-0.2, 0) is 25.2 Å². The monoisotopic (exact) mass is 560 g/mol. The van der Waals surface area contributed by atoms with Crippen LogP contribution in [0.25, 0.3) is 0 Å². The van der Waals surface area contributed by atoms with Gasteiger partial charge in [-0.25, -0.2) is 0 Å². The zero-order chi connectivity index (χ0) is 26.7. The summed E-state index contributed by atoms with van der Waals surface area (Å²) in [6, 6.07) is 10.2. The zero-order valence-corrected chi connectivity index (χ0v) is 22.7. The van der Waals surface area contributed by atoms with Crippen molar-refractivity contribution in [1.82, 2.24) is 14.8 Å². The van der Waals surface area contributed by atoms with Gasteiger partial charge in [0, 0.05) is 37.4 Å². The van der Waals surface area contributed by atoms with Crippen LogP contribution in [0, 0.1) is 6.92 Å². The van der Waals surface area contributed by atoms with Crippen LogP contribution in [0.4, 0.5) is 5.69 Å². The molecule has 3 atom stereocenters. The van der Waals surface area contributed by atoms with Gasteiger partial charge in [-0.05, 0) is 54.6 Å². The van der Waals surface area contributed by atoms with E-state index in [0.717, 1.165) is 15.6 Å². The number of benzene rings is 1. The second kappa shape index (κ2) is 9.17. The minimum Gasteiger partial charge on any atom is -0.392 e. The number of nitrogens with zero attached hydrogens (tertiary/aromatic N) is 4. The highest BCUT2D eigenvalue weighted by molar-refractivity contribution is 7.95. The number of hydrogen-bond donors (Lipinski definition) is 1. The van der Waals surface area contributed by atoms with E-state index < -0.39 is 33.6 Å². The summed E-state index contributed by atoms with van der Waals surface area (Å²) in [6.07, 6.45) is 0.673. The Morgan fingerprint density at radius 1 is 1.24 bits per heavy atom. The fourth-order valence-corrected chi connectivity index (χ4v) is 8.01. The number of halogens is 1. The molecule has 1 aromatic carbocycles. The number of likely N-dealkylation sites (tertiary alicyclic amines) is 1. The molecule has 37 heavy (non-hydrogen) atoms. The third kappa shape index (κ3) is 3.79. The molecule has 4 heterocycles. The van der Waals surface area contributed by atoms with Crippen LogP contribution >= 0.6 is 22.9 Å². The van der Waals surface area contributed by atoms with Gasteiger partial charge in [-0.3, -0.25) is 19.5 Å². The average molecular weight is 561 g/mol. The van der Waals surface area contributed by atoms with Crippen molar-refractivity contribution >= 4 is 50.5 Å². The number of carbonyl (C=O) groups is 2. The number of aryl methyl sites for hydroxylation is 1. The topological polar surface area (TPSA) is 111 Å². The third-order valence-corrected chi connectivity index (χ3v) is 10.1. The van der Waals surface area contributed by atoms with Crippen LogP contribution in [0.1, 0.15) is 23.2 Å². The normalized spacial score (nSPS) is 23.9. The molecule has 1 fully saturated rings. The van der Waals surface area contributed by atoms with Gasteiger partial charge in [0.2, 0.25) is 5.91 Å². The summed E-state index contributed by atoms with van der Waals surface area (Å²) in [5.41, 5.74) is -0.514. The van der Waals surface area contributed by atoms with E-state index in [1.165, 1.54) is 29.3 Å². The second-order valence-corrected chi connectivity index (χ2v) is 12.7. The summed E-state index contributed by atoms with van der Waals surface area (Å²) in [6.45, 7) is 1.72. The van der Waals surface area contributed by atoms with Crippen LogP contribution in [-0.4, -0.2) is 72.9 Å². The molecular formula is C25H25ClN4O5S2. The molecule has 5 rings (SSSR count). The van der Waals surface area contributed by atoms with Gasteiger partial charge >= 0.3 is 0 Å². The van der Waals surface area contributed by atoms with Crippen molar-refractivity contribution in [2.75, 3.05) is 24.9 Å². The molecule has 9 nitrogen and oxygen atoms in total. The largest absolute Gasteiger partial charge is 0.392 e. The van der Waals surface area contributed by atoms with Crippen LogP contribution in [0.2, 0.25) is 5.02 Å². The van der Waals surface area contributed by atoms with Gasteiger partial charge in [0.15, 0.2) is 5.54 Å². The Balaban J connectivity index is 1.87. The number of hydrogen-bond acceptors (Lipinski definition) is 8. The van der Waals surface area contributed by atoms with E-state index in [4.69, 9.17) is 11.6 Å². The number of aliphatic hydroxyl groups is 1. The molecule has 2 amide bonds. The van der Waals surface area contributed by atoms with Crippen molar-refractivity contribution in [3.63, 3.8) is 0 Å². The van der Waals surface area contributed by atoms with Crippen LogP contribution < -0.4 is 4.31 Å². The van der Waals surface area contributed by atoms with Gasteiger partial charge in [0.1, 0.15) is 4.21 Å². The van der Waals surface area contributed by atoms with Crippen molar-refractivity contribution in [2.24, 2.45) is 0 Å². The lowest BCUT2D eigenvalue weighted by Gasteiger charge is -2.41. The lowest BCUT2D eigenvalue weighted by molar-refractivity contribution is -0.138. The van der Waals surface area contributed by atoms with Gasteiger partial charge < -0.3 is 10.0 Å². The number of β-amino-alcohol motifs (C(OH)–C–C–N with tert-alkyl or cyclic N) is 1. The Morgan fingerprint density at radius 3 is 2.65 bits per heavy atom. The van der Waals surface area contributed by atoms with E-state index in [-0.39, 0.29) is 45.0 Å². The summed E-state index contributed by atoms with van der Waals surface area (Å²) < 4.78 is 28.5. The molecule has 1 unspecified atom stereocenters. The van der Waals surface area contributed by atoms with Crippen LogP contribution in [0.3, 0.4) is 0 Å². The molecule has 12 heteroatoms. The highest BCUT2D eigenvalue weighted by atomic mass is 35.5. The van der Waals surface area contributed by atoms with Gasteiger partial charge in [0.25, 0.3) is 15.9 Å². The molecule has 1 saturated heterocycles. The lowest BCUT2D eigenvalue weighted by Crippen LogP contribution is -2.59. The molecule has 0 aliphatic carbocycles. The minimum atomic E-state index is -4.31. The maximum absolute atomic E-state index is 14.7. The number of rotatable bonds is 5. The molecule has 0 bridgehead atoms. The standard InChI is InChI=1S/C25H25ClN4O5S2/c1-15-6-4-10-27-22(15)25(29-14-17(31)13-20(29)23(32)28(2)3)18-12-16(26)8-9-19(18)30(24(25)33)37(34,35)21-7-5-11-36-21/h4-12,17,20,31H,13-14H2,1-3H3/t17-,20+,25?/m1/s1. The number of carbonyl (C=O) groups excluding carboxylic acids is 2. The molecule has 0 spiro atoms. The Bertz CT molecular complexity index is 1490. The number of amides is 2. The average Bonchev–Trinajstić information content (AvgIpc) is 3.57. The van der Waals surface area contributed by atoms with Gasteiger partial charge in [-0.15, -0.1) is 11.3 Å². The Kier molecular flexibility index (Phi) is 6.40. The Hall–Kier alpha value is -2.83. The third-order valence-electron chi connectivity index (χ3n) is 6.84. The summed E-state index contributed by atoms with van der Waals surface area (Å²) in [4.78, 5) is 35.7. The van der Waals surface area contributed by atoms with Crippen molar-refractivity contribution in [3.8, 4) is 0 Å². The second-order valence-electron chi connectivity index (χ2n) is 9.34. The zero-order valence-electron chi connectivity index (χ0n) is 20.3. The van der Waals surface area contributed by atoms with E-state index in [2.05, 4.69) is 4.98 Å². The molecule has 1 N–H and O–H groups in total. The van der Waals surface area contributed by atoms with Gasteiger partial charge in [-0.1, -0.05) is 23.7 Å². The molecule has 194 valence electrons. The number of fused-ring (bicyclic) bond motifs is 1. The van der Waals surface area contributed by atoms with E-state index in [1.807, 2.05) is 0 Å². The highest BCUT2D eigenvalue weighted by Gasteiger charge is 2.64. The Morgan fingerprint density at radius 2 is 2.00 bits per heavy atom. The summed E-state index contributed by atoms with van der Waals surface area (Å²) in [5, 5.41) is 12.7. The first-order chi connectivity index (χ1) is 17.5. The molecular weight excluding hydrogens is 536 g/mol. The number of aliphatic hydroxyl groups excluding tert-OH is 1. The highest BCUT2D eigenvalue weighted by Crippen LogP contribution is 2.53. The first-order valence-electron chi connectivity index (χ1n) is 11.5. The first kappa shape index (κ1) is 25.8. The van der Waals surface area contributed by atoms with E-state index >= 15 is 0 Å². The van der Waals surface area contributed by atoms with Crippen molar-refractivity contribution < 1.29 is 23.1 Å². The fraction of sp³-hybridized carbons (Fsp3) is 0.320. The van der Waals surface area contributed by atoms with Crippen molar-refractivity contribution in [2.45, 2.75) is 35.2 Å². The number of aromatic nitrogens is 1. The predicted octanol–water partition coefficient (Wildman–Crippen LogP) is 2.61. The van der Waals surface area contributed by atoms with Gasteiger partial charge in [-0.2, -0.15) is 12.7 Å². The number of pyridine rings is 1. The minimum absolute atomic E-state index is 0.00216. The smallest absolute Gasteiger partial charge is 0.280 e. The number of thiophene rings is 1. The van der Waals surface area contributed by atoms with E-state index in [9.17, 15) is 23.1 Å². The Labute approximate surface area is 224 Å². The molecule has 2 aliphatic heterocycles. The quantitative estimate of drug-likeness (QED) is 0.510. The lowest BCUT2D eigenvalue weighted by atomic mass is 9.82. The summed E-state index contributed by atoms with van der Waals surface area (Å²) in [7, 11) is -1.12. The predicted molar refractivity (Wildman–Crippen MR) is 140 cm³/mol. The molecule has 0 saturated carbocycles. The van der Waals surface area contributed by atoms with E-state index in [1.54, 1.807) is 55.6 Å². The number of likely N-dealkylation sites (N-methyl/N-ethyl adjacent to an activating group) is 1. The molecule has 2 aromatic heterocycles. The number of anilines is 1. The maximum atomic E-state index is 14.7. The van der Waals surface area contributed by atoms with E-state index in [0.29, 0.717) is 5.56 Å². The summed E-state index contributed by atoms with van der Waals surface area (Å²) >= 11 is 7.43. The summed E-state index contributed by atoms with van der Waals surface area (Å²) in [5.74, 6) is -1.12.